The van der Waals surface area contributed by atoms with Crippen molar-refractivity contribution in [3.63, 3.8) is 0 Å². The van der Waals surface area contributed by atoms with Crippen molar-refractivity contribution in [2.75, 3.05) is 0 Å². The summed E-state index contributed by atoms with van der Waals surface area (Å²) in [6.45, 7) is 4.12. The SMILES string of the molecule is Cc1ccc(C(=O)c2ccc3c(c2)oc(=O)n3Cc2csc(-c3ccc(C)o3)n2)cc1. The van der Waals surface area contributed by atoms with Gasteiger partial charge in [0, 0.05) is 16.5 Å². The van der Waals surface area contributed by atoms with E-state index >= 15 is 0 Å². The van der Waals surface area contributed by atoms with E-state index in [9.17, 15) is 9.59 Å². The van der Waals surface area contributed by atoms with E-state index in [4.69, 9.17) is 8.83 Å². The van der Waals surface area contributed by atoms with E-state index in [-0.39, 0.29) is 12.3 Å². The van der Waals surface area contributed by atoms with E-state index in [2.05, 4.69) is 4.98 Å². The number of hydrogen-bond acceptors (Lipinski definition) is 6. The summed E-state index contributed by atoms with van der Waals surface area (Å²) in [5.74, 6) is 0.922. The van der Waals surface area contributed by atoms with Crippen LogP contribution in [0.2, 0.25) is 0 Å². The zero-order chi connectivity index (χ0) is 21.5. The summed E-state index contributed by atoms with van der Waals surface area (Å²) in [5, 5.41) is 2.66. The Bertz CT molecular complexity index is 1470. The van der Waals surface area contributed by atoms with E-state index < -0.39 is 5.76 Å². The molecule has 0 unspecified atom stereocenters. The molecular formula is C24H18N2O4S. The van der Waals surface area contributed by atoms with Crippen LogP contribution in [0.25, 0.3) is 21.9 Å². The molecule has 7 heteroatoms. The number of nitrogens with zero attached hydrogens (tertiary/aromatic N) is 2. The van der Waals surface area contributed by atoms with Gasteiger partial charge in [0.25, 0.3) is 0 Å². The topological polar surface area (TPSA) is 78.2 Å². The maximum absolute atomic E-state index is 12.8. The highest BCUT2D eigenvalue weighted by Crippen LogP contribution is 2.26. The molecule has 0 atom stereocenters. The van der Waals surface area contributed by atoms with Gasteiger partial charge in [-0.1, -0.05) is 29.8 Å². The summed E-state index contributed by atoms with van der Waals surface area (Å²) in [6.07, 6.45) is 0. The number of hydrogen-bond donors (Lipinski definition) is 0. The van der Waals surface area contributed by atoms with E-state index in [1.54, 1.807) is 30.3 Å². The summed E-state index contributed by atoms with van der Waals surface area (Å²) in [7, 11) is 0. The molecule has 0 radical (unpaired) electrons. The lowest BCUT2D eigenvalue weighted by Gasteiger charge is -2.03. The summed E-state index contributed by atoms with van der Waals surface area (Å²) < 4.78 is 12.6. The van der Waals surface area contributed by atoms with Crippen LogP contribution in [0, 0.1) is 13.8 Å². The Hall–Kier alpha value is -3.71. The highest BCUT2D eigenvalue weighted by Gasteiger charge is 2.16. The van der Waals surface area contributed by atoms with E-state index in [0.717, 1.165) is 22.0 Å². The van der Waals surface area contributed by atoms with Crippen molar-refractivity contribution in [3.05, 3.63) is 98.7 Å². The Labute approximate surface area is 181 Å². The largest absolute Gasteiger partial charge is 0.459 e. The molecule has 3 heterocycles. The standard InChI is InChI=1S/C24H18N2O4S/c1-14-3-6-16(7-4-14)22(27)17-8-9-19-21(11-17)30-24(28)26(19)12-18-13-31-23(25-18)20-10-5-15(2)29-20/h3-11,13H,12H2,1-2H3. The van der Waals surface area contributed by atoms with Gasteiger partial charge < -0.3 is 8.83 Å². The molecule has 0 N–H and O–H groups in total. The van der Waals surface area contributed by atoms with E-state index in [1.165, 1.54) is 15.9 Å². The van der Waals surface area contributed by atoms with Crippen LogP contribution in [0.1, 0.15) is 32.9 Å². The third kappa shape index (κ3) is 3.64. The van der Waals surface area contributed by atoms with Crippen LogP contribution in [0.15, 0.2) is 73.6 Å². The Balaban J connectivity index is 1.45. The van der Waals surface area contributed by atoms with Gasteiger partial charge in [-0.25, -0.2) is 9.78 Å². The molecule has 0 aliphatic carbocycles. The molecule has 0 saturated carbocycles. The molecule has 5 rings (SSSR count). The van der Waals surface area contributed by atoms with Gasteiger partial charge in [-0.15, -0.1) is 11.3 Å². The summed E-state index contributed by atoms with van der Waals surface area (Å²) >= 11 is 1.46. The average molecular weight is 430 g/mol. The van der Waals surface area contributed by atoms with Crippen molar-refractivity contribution in [2.24, 2.45) is 0 Å². The Morgan fingerprint density at radius 3 is 2.52 bits per heavy atom. The highest BCUT2D eigenvalue weighted by atomic mass is 32.1. The summed E-state index contributed by atoms with van der Waals surface area (Å²) in [4.78, 5) is 29.8. The molecule has 0 aliphatic heterocycles. The van der Waals surface area contributed by atoms with Crippen LogP contribution >= 0.6 is 11.3 Å². The maximum Gasteiger partial charge on any atom is 0.420 e. The van der Waals surface area contributed by atoms with Crippen LogP contribution in [0.4, 0.5) is 0 Å². The molecule has 2 aromatic carbocycles. The van der Waals surface area contributed by atoms with Gasteiger partial charge in [-0.2, -0.15) is 0 Å². The highest BCUT2D eigenvalue weighted by molar-refractivity contribution is 7.13. The van der Waals surface area contributed by atoms with Gasteiger partial charge in [0.05, 0.1) is 17.8 Å². The summed E-state index contributed by atoms with van der Waals surface area (Å²) in [5.41, 5.74) is 3.88. The van der Waals surface area contributed by atoms with Crippen LogP contribution < -0.4 is 5.76 Å². The minimum Gasteiger partial charge on any atom is -0.459 e. The van der Waals surface area contributed by atoms with Crippen LogP contribution in [0.5, 0.6) is 0 Å². The number of aromatic nitrogens is 2. The second-order valence-electron chi connectivity index (χ2n) is 7.39. The smallest absolute Gasteiger partial charge is 0.420 e. The molecule has 0 aliphatic rings. The molecule has 0 saturated heterocycles. The van der Waals surface area contributed by atoms with Gasteiger partial charge in [-0.3, -0.25) is 9.36 Å². The Morgan fingerprint density at radius 2 is 1.77 bits per heavy atom. The van der Waals surface area contributed by atoms with Gasteiger partial charge >= 0.3 is 5.76 Å². The second kappa shape index (κ2) is 7.52. The van der Waals surface area contributed by atoms with Gasteiger partial charge in [0.15, 0.2) is 22.1 Å². The monoisotopic (exact) mass is 430 g/mol. The molecule has 0 bridgehead atoms. The van der Waals surface area contributed by atoms with Crippen molar-refractivity contribution < 1.29 is 13.6 Å². The minimum absolute atomic E-state index is 0.116. The number of oxazole rings is 1. The third-order valence-electron chi connectivity index (χ3n) is 5.07. The Morgan fingerprint density at radius 1 is 1.00 bits per heavy atom. The van der Waals surface area contributed by atoms with Crippen molar-refractivity contribution >= 4 is 28.2 Å². The third-order valence-corrected chi connectivity index (χ3v) is 5.97. The zero-order valence-corrected chi connectivity index (χ0v) is 17.7. The van der Waals surface area contributed by atoms with E-state index in [0.29, 0.717) is 28.0 Å². The lowest BCUT2D eigenvalue weighted by Crippen LogP contribution is -2.15. The summed E-state index contributed by atoms with van der Waals surface area (Å²) in [6, 6.07) is 16.2. The molecule has 3 aromatic heterocycles. The number of thiazole rings is 1. The van der Waals surface area contributed by atoms with E-state index in [1.807, 2.05) is 43.5 Å². The number of benzene rings is 2. The van der Waals surface area contributed by atoms with Crippen LogP contribution in [-0.4, -0.2) is 15.3 Å². The van der Waals surface area contributed by atoms with Gasteiger partial charge in [-0.05, 0) is 44.2 Å². The van der Waals surface area contributed by atoms with Crippen molar-refractivity contribution in [3.8, 4) is 10.8 Å². The molecule has 6 nitrogen and oxygen atoms in total. The first kappa shape index (κ1) is 19.3. The number of aryl methyl sites for hydroxylation is 2. The molecule has 31 heavy (non-hydrogen) atoms. The molecular weight excluding hydrogens is 412 g/mol. The number of furan rings is 1. The van der Waals surface area contributed by atoms with Crippen molar-refractivity contribution in [1.29, 1.82) is 0 Å². The van der Waals surface area contributed by atoms with Crippen LogP contribution in [0.3, 0.4) is 0 Å². The first-order valence-electron chi connectivity index (χ1n) is 9.74. The number of carbonyl (C=O) groups excluding carboxylic acids is 1. The number of rotatable bonds is 5. The minimum atomic E-state index is -0.488. The fourth-order valence-electron chi connectivity index (χ4n) is 3.43. The number of fused-ring (bicyclic) bond motifs is 1. The second-order valence-corrected chi connectivity index (χ2v) is 8.24. The lowest BCUT2D eigenvalue weighted by atomic mass is 10.0. The first-order valence-corrected chi connectivity index (χ1v) is 10.6. The van der Waals surface area contributed by atoms with Gasteiger partial charge in [0.2, 0.25) is 0 Å². The van der Waals surface area contributed by atoms with Gasteiger partial charge in [0.1, 0.15) is 5.76 Å². The predicted octanol–water partition coefficient (Wildman–Crippen LogP) is 5.21. The molecule has 5 aromatic rings. The van der Waals surface area contributed by atoms with Crippen molar-refractivity contribution in [2.45, 2.75) is 20.4 Å². The normalized spacial score (nSPS) is 11.3. The lowest BCUT2D eigenvalue weighted by molar-refractivity contribution is 0.103. The molecule has 0 amide bonds. The predicted molar refractivity (Wildman–Crippen MR) is 119 cm³/mol. The maximum atomic E-state index is 12.8. The number of carbonyl (C=O) groups is 1. The zero-order valence-electron chi connectivity index (χ0n) is 16.9. The number of ketones is 1. The quantitative estimate of drug-likeness (QED) is 0.358. The molecule has 154 valence electrons. The van der Waals surface area contributed by atoms with Crippen LogP contribution in [-0.2, 0) is 6.54 Å². The fourth-order valence-corrected chi connectivity index (χ4v) is 4.20. The molecule has 0 spiro atoms. The average Bonchev–Trinajstić information content (AvgIpc) is 3.47. The fraction of sp³-hybridized carbons (Fsp3) is 0.125. The first-order chi connectivity index (χ1) is 15.0. The molecule has 0 fully saturated rings. The Kier molecular flexibility index (Phi) is 4.67. The van der Waals surface area contributed by atoms with Crippen molar-refractivity contribution in [1.82, 2.24) is 9.55 Å².